The molecule has 1 aliphatic rings. The van der Waals surface area contributed by atoms with Gasteiger partial charge in [-0.15, -0.1) is 0 Å². The van der Waals surface area contributed by atoms with Gasteiger partial charge in [-0.1, -0.05) is 12.1 Å². The van der Waals surface area contributed by atoms with Gasteiger partial charge in [0.1, 0.15) is 5.69 Å². The second-order valence-electron chi connectivity index (χ2n) is 8.08. The largest absolute Gasteiger partial charge is 0.365 e. The zero-order valence-corrected chi connectivity index (χ0v) is 18.8. The van der Waals surface area contributed by atoms with E-state index in [0.29, 0.717) is 46.9 Å². The Hall–Kier alpha value is -4.65. The van der Waals surface area contributed by atoms with E-state index in [1.807, 2.05) is 6.07 Å². The summed E-state index contributed by atoms with van der Waals surface area (Å²) in [4.78, 5) is 40.7. The van der Waals surface area contributed by atoms with E-state index in [-0.39, 0.29) is 24.0 Å². The summed E-state index contributed by atoms with van der Waals surface area (Å²) in [6, 6.07) is 15.1. The van der Waals surface area contributed by atoms with E-state index < -0.39 is 5.91 Å². The molecule has 4 rings (SSSR count). The minimum absolute atomic E-state index is 0.143. The Kier molecular flexibility index (Phi) is 6.01. The van der Waals surface area contributed by atoms with Crippen LogP contribution in [0.2, 0.25) is 0 Å². The average Bonchev–Trinajstić information content (AvgIpc) is 3.23. The molecule has 0 atom stereocenters. The van der Waals surface area contributed by atoms with Crippen molar-refractivity contribution in [2.45, 2.75) is 13.1 Å². The number of nitrogens with zero attached hydrogens (tertiary/aromatic N) is 5. The Bertz CT molecular complexity index is 1320. The fourth-order valence-electron chi connectivity index (χ4n) is 3.84. The molecule has 172 valence electrons. The van der Waals surface area contributed by atoms with Crippen molar-refractivity contribution < 1.29 is 14.4 Å². The zero-order valence-electron chi connectivity index (χ0n) is 18.8. The number of urea groups is 1. The lowest BCUT2D eigenvalue weighted by Gasteiger charge is -2.28. The number of carbonyl (C=O) groups is 3. The molecule has 10 heteroatoms. The Morgan fingerprint density at radius 1 is 1.12 bits per heavy atom. The quantitative estimate of drug-likeness (QED) is 0.619. The summed E-state index contributed by atoms with van der Waals surface area (Å²) in [7, 11) is 3.33. The molecule has 0 spiro atoms. The molecular weight excluding hydrogens is 434 g/mol. The van der Waals surface area contributed by atoms with Gasteiger partial charge in [0, 0.05) is 37.5 Å². The molecule has 0 unspecified atom stereocenters. The van der Waals surface area contributed by atoms with Crippen LogP contribution in [0.5, 0.6) is 0 Å². The molecule has 0 saturated carbocycles. The van der Waals surface area contributed by atoms with E-state index in [2.05, 4.69) is 10.4 Å². The van der Waals surface area contributed by atoms with Crippen molar-refractivity contribution in [2.75, 3.05) is 26.0 Å². The van der Waals surface area contributed by atoms with Gasteiger partial charge in [-0.3, -0.25) is 14.3 Å². The number of carbonyl (C=O) groups excluding carboxylic acids is 3. The summed E-state index contributed by atoms with van der Waals surface area (Å²) in [5.41, 5.74) is 8.98. The van der Waals surface area contributed by atoms with Crippen LogP contribution in [0.3, 0.4) is 0 Å². The van der Waals surface area contributed by atoms with Crippen LogP contribution >= 0.6 is 0 Å². The predicted molar refractivity (Wildman–Crippen MR) is 125 cm³/mol. The van der Waals surface area contributed by atoms with Crippen LogP contribution < -0.4 is 11.1 Å². The molecule has 4 amide bonds. The van der Waals surface area contributed by atoms with Crippen molar-refractivity contribution in [1.82, 2.24) is 19.6 Å². The van der Waals surface area contributed by atoms with Gasteiger partial charge >= 0.3 is 6.03 Å². The van der Waals surface area contributed by atoms with Gasteiger partial charge in [-0.25, -0.2) is 4.79 Å². The normalized spacial score (nSPS) is 12.4. The standard InChI is InChI=1S/C24H23N7O3/c1-29(2)23(33)17-5-3-4-16(12-17)21-20(22(26)32)19-14-30(10-11-31(19)28-21)24(34)27-18-8-6-15(13-25)7-9-18/h3-9,12H,10-11,14H2,1-2H3,(H2,26,32)(H,27,34). The summed E-state index contributed by atoms with van der Waals surface area (Å²) >= 11 is 0. The summed E-state index contributed by atoms with van der Waals surface area (Å²) in [6.07, 6.45) is 0. The number of primary amides is 1. The van der Waals surface area contributed by atoms with Gasteiger partial charge in [-0.05, 0) is 36.4 Å². The van der Waals surface area contributed by atoms with E-state index in [9.17, 15) is 14.4 Å². The number of amides is 4. The van der Waals surface area contributed by atoms with Crippen LogP contribution in [0.25, 0.3) is 11.3 Å². The van der Waals surface area contributed by atoms with Crippen molar-refractivity contribution in [3.8, 4) is 17.3 Å². The first-order valence-electron chi connectivity index (χ1n) is 10.6. The Balaban J connectivity index is 1.62. The van der Waals surface area contributed by atoms with E-state index in [0.717, 1.165) is 0 Å². The number of hydrogen-bond donors (Lipinski definition) is 2. The lowest BCUT2D eigenvalue weighted by Crippen LogP contribution is -2.41. The minimum Gasteiger partial charge on any atom is -0.365 e. The Morgan fingerprint density at radius 3 is 2.50 bits per heavy atom. The second-order valence-corrected chi connectivity index (χ2v) is 8.08. The van der Waals surface area contributed by atoms with Crippen LogP contribution in [0.4, 0.5) is 10.5 Å². The zero-order chi connectivity index (χ0) is 24.4. The fourth-order valence-corrected chi connectivity index (χ4v) is 3.84. The second kappa shape index (κ2) is 9.07. The molecule has 1 aliphatic heterocycles. The minimum atomic E-state index is -0.657. The topological polar surface area (TPSA) is 137 Å². The third-order valence-electron chi connectivity index (χ3n) is 5.57. The first-order chi connectivity index (χ1) is 16.3. The molecular formula is C24H23N7O3. The smallest absolute Gasteiger partial charge is 0.322 e. The highest BCUT2D eigenvalue weighted by molar-refractivity contribution is 6.01. The van der Waals surface area contributed by atoms with E-state index in [4.69, 9.17) is 11.0 Å². The third kappa shape index (κ3) is 4.31. The molecule has 0 bridgehead atoms. The van der Waals surface area contributed by atoms with Crippen molar-refractivity contribution in [3.05, 3.63) is 70.9 Å². The highest BCUT2D eigenvalue weighted by Crippen LogP contribution is 2.29. The Labute approximate surface area is 196 Å². The first-order valence-corrected chi connectivity index (χ1v) is 10.6. The summed E-state index contributed by atoms with van der Waals surface area (Å²) in [6.45, 7) is 0.907. The van der Waals surface area contributed by atoms with Crippen LogP contribution in [0.1, 0.15) is 32.0 Å². The monoisotopic (exact) mass is 457 g/mol. The van der Waals surface area contributed by atoms with Crippen molar-refractivity contribution in [1.29, 1.82) is 5.26 Å². The number of rotatable bonds is 4. The number of nitriles is 1. The maximum atomic E-state index is 12.8. The van der Waals surface area contributed by atoms with E-state index >= 15 is 0 Å². The van der Waals surface area contributed by atoms with Crippen molar-refractivity contribution in [3.63, 3.8) is 0 Å². The molecule has 2 heterocycles. The molecule has 1 aromatic heterocycles. The molecule has 34 heavy (non-hydrogen) atoms. The van der Waals surface area contributed by atoms with Crippen molar-refractivity contribution in [2.24, 2.45) is 5.73 Å². The third-order valence-corrected chi connectivity index (χ3v) is 5.57. The summed E-state index contributed by atoms with van der Waals surface area (Å²) in [5.74, 6) is -0.827. The number of aromatic nitrogens is 2. The molecule has 10 nitrogen and oxygen atoms in total. The van der Waals surface area contributed by atoms with Crippen LogP contribution in [0.15, 0.2) is 48.5 Å². The molecule has 2 aromatic carbocycles. The van der Waals surface area contributed by atoms with Gasteiger partial charge in [-0.2, -0.15) is 10.4 Å². The Morgan fingerprint density at radius 2 is 1.85 bits per heavy atom. The lowest BCUT2D eigenvalue weighted by atomic mass is 10.0. The SMILES string of the molecule is CN(C)C(=O)c1cccc(-c2nn3c(c2C(N)=O)CN(C(=O)Nc2ccc(C#N)cc2)CC3)c1. The molecule has 0 fully saturated rings. The van der Waals surface area contributed by atoms with Crippen LogP contribution in [-0.2, 0) is 13.1 Å². The predicted octanol–water partition coefficient (Wildman–Crippen LogP) is 2.27. The summed E-state index contributed by atoms with van der Waals surface area (Å²) < 4.78 is 1.68. The number of nitrogens with one attached hydrogen (secondary N) is 1. The van der Waals surface area contributed by atoms with E-state index in [1.165, 1.54) is 4.90 Å². The van der Waals surface area contributed by atoms with E-state index in [1.54, 1.807) is 72.2 Å². The average molecular weight is 457 g/mol. The van der Waals surface area contributed by atoms with Gasteiger partial charge in [0.25, 0.3) is 11.8 Å². The van der Waals surface area contributed by atoms with Crippen LogP contribution in [0, 0.1) is 11.3 Å². The maximum absolute atomic E-state index is 12.8. The molecule has 3 N–H and O–H groups in total. The highest BCUT2D eigenvalue weighted by Gasteiger charge is 2.30. The van der Waals surface area contributed by atoms with Gasteiger partial charge in [0.05, 0.1) is 36.0 Å². The number of fused-ring (bicyclic) bond motifs is 1. The first kappa shape index (κ1) is 22.5. The maximum Gasteiger partial charge on any atom is 0.322 e. The summed E-state index contributed by atoms with van der Waals surface area (Å²) in [5, 5.41) is 16.3. The number of benzene rings is 2. The number of anilines is 1. The van der Waals surface area contributed by atoms with Gasteiger partial charge < -0.3 is 20.9 Å². The van der Waals surface area contributed by atoms with Gasteiger partial charge in [0.2, 0.25) is 0 Å². The highest BCUT2D eigenvalue weighted by atomic mass is 16.2. The van der Waals surface area contributed by atoms with Crippen molar-refractivity contribution >= 4 is 23.5 Å². The lowest BCUT2D eigenvalue weighted by molar-refractivity contribution is 0.0827. The molecule has 0 radical (unpaired) electrons. The van der Waals surface area contributed by atoms with Crippen LogP contribution in [-0.4, -0.2) is 58.1 Å². The number of hydrogen-bond acceptors (Lipinski definition) is 5. The fraction of sp³-hybridized carbons (Fsp3) is 0.208. The molecule has 0 aliphatic carbocycles. The molecule has 0 saturated heterocycles. The molecule has 3 aromatic rings. The van der Waals surface area contributed by atoms with Gasteiger partial charge in [0.15, 0.2) is 0 Å². The number of nitrogens with two attached hydrogens (primary N) is 1.